The maximum absolute atomic E-state index is 9.10. The molecule has 3 nitrogen and oxygen atoms in total. The van der Waals surface area contributed by atoms with Gasteiger partial charge in [0.15, 0.2) is 6.29 Å². The number of aliphatic hydroxyl groups is 1. The highest BCUT2D eigenvalue weighted by atomic mass is 16.7. The summed E-state index contributed by atoms with van der Waals surface area (Å²) in [5, 5.41) is 9.10. The predicted octanol–water partition coefficient (Wildman–Crippen LogP) is 3.06. The van der Waals surface area contributed by atoms with Crippen molar-refractivity contribution >= 4 is 0 Å². The summed E-state index contributed by atoms with van der Waals surface area (Å²) in [4.78, 5) is 0. The molecule has 0 spiro atoms. The minimum absolute atomic E-state index is 0. The van der Waals surface area contributed by atoms with Crippen molar-refractivity contribution < 1.29 is 14.6 Å². The van der Waals surface area contributed by atoms with Crippen molar-refractivity contribution in [2.45, 2.75) is 59.9 Å². The van der Waals surface area contributed by atoms with E-state index in [9.17, 15) is 0 Å². The predicted molar refractivity (Wildman–Crippen MR) is 73.3 cm³/mol. The van der Waals surface area contributed by atoms with Gasteiger partial charge >= 0.3 is 0 Å². The van der Waals surface area contributed by atoms with Crippen LogP contribution in [-0.4, -0.2) is 30.7 Å². The molecule has 1 heterocycles. The molecule has 0 bridgehead atoms. The van der Waals surface area contributed by atoms with Gasteiger partial charge in [-0.25, -0.2) is 0 Å². The highest BCUT2D eigenvalue weighted by Gasteiger charge is 2.40. The minimum atomic E-state index is -0.106. The third-order valence-electron chi connectivity index (χ3n) is 4.40. The van der Waals surface area contributed by atoms with Gasteiger partial charge in [-0.3, -0.25) is 0 Å². The Morgan fingerprint density at radius 1 is 1.28 bits per heavy atom. The van der Waals surface area contributed by atoms with E-state index in [0.717, 1.165) is 5.92 Å². The lowest BCUT2D eigenvalue weighted by Crippen LogP contribution is -2.37. The average Bonchev–Trinajstić information content (AvgIpc) is 2.76. The second kappa shape index (κ2) is 6.88. The van der Waals surface area contributed by atoms with Crippen LogP contribution < -0.4 is 0 Å². The molecular weight excluding hydrogens is 228 g/mol. The van der Waals surface area contributed by atoms with Gasteiger partial charge in [0.25, 0.3) is 0 Å². The molecule has 18 heavy (non-hydrogen) atoms. The van der Waals surface area contributed by atoms with Crippen molar-refractivity contribution in [1.29, 1.82) is 0 Å². The molecule has 1 saturated carbocycles. The number of ether oxygens (including phenoxy) is 2. The van der Waals surface area contributed by atoms with E-state index in [1.807, 2.05) is 0 Å². The van der Waals surface area contributed by atoms with Crippen molar-refractivity contribution in [2.75, 3.05) is 13.2 Å². The molecule has 0 amide bonds. The second-order valence-corrected chi connectivity index (χ2v) is 6.13. The van der Waals surface area contributed by atoms with Crippen LogP contribution in [0.15, 0.2) is 0 Å². The normalized spacial score (nSPS) is 40.8. The summed E-state index contributed by atoms with van der Waals surface area (Å²) >= 11 is 0. The molecule has 5 atom stereocenters. The minimum Gasteiger partial charge on any atom is -0.394 e. The molecular formula is C15H30O3. The van der Waals surface area contributed by atoms with Crippen molar-refractivity contribution in [3.63, 3.8) is 0 Å². The topological polar surface area (TPSA) is 38.7 Å². The van der Waals surface area contributed by atoms with E-state index >= 15 is 0 Å². The fourth-order valence-corrected chi connectivity index (χ4v) is 3.38. The molecule has 1 aliphatic carbocycles. The van der Waals surface area contributed by atoms with Gasteiger partial charge in [0, 0.05) is 5.92 Å². The zero-order valence-electron chi connectivity index (χ0n) is 11.3. The van der Waals surface area contributed by atoms with Gasteiger partial charge in [-0.15, -0.1) is 0 Å². The van der Waals surface area contributed by atoms with Crippen LogP contribution in [0.1, 0.15) is 47.5 Å². The van der Waals surface area contributed by atoms with Gasteiger partial charge in [0.1, 0.15) is 6.10 Å². The maximum atomic E-state index is 9.10. The summed E-state index contributed by atoms with van der Waals surface area (Å²) in [6, 6.07) is 0. The summed E-state index contributed by atoms with van der Waals surface area (Å²) in [5.74, 6) is 2.67. The van der Waals surface area contributed by atoms with E-state index in [0.29, 0.717) is 24.4 Å². The fraction of sp³-hybridized carbons (Fsp3) is 1.00. The van der Waals surface area contributed by atoms with E-state index in [4.69, 9.17) is 14.6 Å². The summed E-state index contributed by atoms with van der Waals surface area (Å²) in [7, 11) is 0. The van der Waals surface area contributed by atoms with Gasteiger partial charge in [-0.2, -0.15) is 0 Å². The molecule has 3 heteroatoms. The molecule has 0 aromatic carbocycles. The van der Waals surface area contributed by atoms with Gasteiger partial charge in [0.05, 0.1) is 13.2 Å². The van der Waals surface area contributed by atoms with Gasteiger partial charge in [0.2, 0.25) is 0 Å². The molecule has 2 rings (SSSR count). The van der Waals surface area contributed by atoms with Crippen LogP contribution >= 0.6 is 0 Å². The molecule has 1 N–H and O–H groups in total. The molecule has 2 aliphatic rings. The standard InChI is InChI=1S/C14H26O3.CH4/c1-9(2)12-5-4-10(3)6-13(12)14-16-8-11(7-15)17-14;/h9-15H,4-8H2,1-3H3;1H4/t10-,11?,12+,13-,14-;/m1./s1. The Kier molecular flexibility index (Phi) is 6.09. The zero-order chi connectivity index (χ0) is 12.4. The van der Waals surface area contributed by atoms with E-state index in [2.05, 4.69) is 20.8 Å². The Morgan fingerprint density at radius 2 is 2.00 bits per heavy atom. The number of aliphatic hydroxyl groups excluding tert-OH is 1. The third-order valence-corrected chi connectivity index (χ3v) is 4.40. The van der Waals surface area contributed by atoms with Crippen LogP contribution in [0.25, 0.3) is 0 Å². The first-order chi connectivity index (χ1) is 8.11. The van der Waals surface area contributed by atoms with Crippen molar-refractivity contribution in [3.8, 4) is 0 Å². The molecule has 1 aliphatic heterocycles. The number of rotatable bonds is 3. The Labute approximate surface area is 112 Å². The highest BCUT2D eigenvalue weighted by molar-refractivity contribution is 4.84. The smallest absolute Gasteiger partial charge is 0.161 e. The van der Waals surface area contributed by atoms with E-state index < -0.39 is 0 Å². The number of hydrogen-bond donors (Lipinski definition) is 1. The molecule has 0 aromatic rings. The van der Waals surface area contributed by atoms with Crippen molar-refractivity contribution in [2.24, 2.45) is 23.7 Å². The van der Waals surface area contributed by atoms with Crippen LogP contribution in [0.3, 0.4) is 0 Å². The zero-order valence-corrected chi connectivity index (χ0v) is 11.3. The first-order valence-corrected chi connectivity index (χ1v) is 6.99. The largest absolute Gasteiger partial charge is 0.394 e. The lowest BCUT2D eigenvalue weighted by Gasteiger charge is -2.39. The van der Waals surface area contributed by atoms with Gasteiger partial charge in [-0.05, 0) is 30.6 Å². The first-order valence-electron chi connectivity index (χ1n) is 6.99. The van der Waals surface area contributed by atoms with E-state index in [-0.39, 0.29) is 26.4 Å². The molecule has 108 valence electrons. The Balaban J connectivity index is 0.00000162. The number of hydrogen-bond acceptors (Lipinski definition) is 3. The lowest BCUT2D eigenvalue weighted by molar-refractivity contribution is -0.134. The van der Waals surface area contributed by atoms with Crippen LogP contribution in [0.4, 0.5) is 0 Å². The summed E-state index contributed by atoms with van der Waals surface area (Å²) < 4.78 is 11.5. The van der Waals surface area contributed by atoms with Crippen LogP contribution in [0.5, 0.6) is 0 Å². The van der Waals surface area contributed by atoms with Gasteiger partial charge in [-0.1, -0.05) is 34.6 Å². The third kappa shape index (κ3) is 3.46. The summed E-state index contributed by atoms with van der Waals surface area (Å²) in [6.45, 7) is 7.54. The maximum Gasteiger partial charge on any atom is 0.161 e. The van der Waals surface area contributed by atoms with Crippen molar-refractivity contribution in [3.05, 3.63) is 0 Å². The van der Waals surface area contributed by atoms with E-state index in [1.165, 1.54) is 19.3 Å². The van der Waals surface area contributed by atoms with E-state index in [1.54, 1.807) is 0 Å². The SMILES string of the molecule is C.CC(C)[C@@H]1CC[C@@H](C)C[C@H]1[C@@H]1OCC(CO)O1. The Hall–Kier alpha value is -0.120. The lowest BCUT2D eigenvalue weighted by atomic mass is 9.70. The Morgan fingerprint density at radius 3 is 2.56 bits per heavy atom. The molecule has 0 radical (unpaired) electrons. The first kappa shape index (κ1) is 15.9. The van der Waals surface area contributed by atoms with Crippen LogP contribution in [0.2, 0.25) is 0 Å². The van der Waals surface area contributed by atoms with Crippen molar-refractivity contribution in [1.82, 2.24) is 0 Å². The quantitative estimate of drug-likeness (QED) is 0.845. The van der Waals surface area contributed by atoms with Crippen LogP contribution in [-0.2, 0) is 9.47 Å². The average molecular weight is 258 g/mol. The Bertz CT molecular complexity index is 242. The fourth-order valence-electron chi connectivity index (χ4n) is 3.38. The van der Waals surface area contributed by atoms with Gasteiger partial charge < -0.3 is 14.6 Å². The summed E-state index contributed by atoms with van der Waals surface area (Å²) in [5.41, 5.74) is 0. The monoisotopic (exact) mass is 258 g/mol. The summed E-state index contributed by atoms with van der Waals surface area (Å²) in [6.07, 6.45) is 3.63. The highest BCUT2D eigenvalue weighted by Crippen LogP contribution is 2.42. The van der Waals surface area contributed by atoms with Crippen LogP contribution in [0, 0.1) is 23.7 Å². The molecule has 1 unspecified atom stereocenters. The molecule has 2 fully saturated rings. The second-order valence-electron chi connectivity index (χ2n) is 6.13. The molecule has 0 aromatic heterocycles. The molecule has 1 saturated heterocycles.